The summed E-state index contributed by atoms with van der Waals surface area (Å²) in [5.41, 5.74) is 2.27. The predicted octanol–water partition coefficient (Wildman–Crippen LogP) is 1.79. The predicted molar refractivity (Wildman–Crippen MR) is 85.7 cm³/mol. The average Bonchev–Trinajstić information content (AvgIpc) is 3.30. The number of likely N-dealkylation sites (tertiary alicyclic amines) is 1. The molecule has 1 amide bonds. The van der Waals surface area contributed by atoms with Crippen LogP contribution in [-0.4, -0.2) is 46.0 Å². The zero-order valence-electron chi connectivity index (χ0n) is 13.6. The Labute approximate surface area is 140 Å². The van der Waals surface area contributed by atoms with Gasteiger partial charge in [0.25, 0.3) is 5.91 Å². The van der Waals surface area contributed by atoms with Crippen molar-refractivity contribution in [1.82, 2.24) is 19.9 Å². The van der Waals surface area contributed by atoms with Gasteiger partial charge in [-0.3, -0.25) is 4.79 Å². The number of rotatable bonds is 3. The van der Waals surface area contributed by atoms with Crippen LogP contribution < -0.4 is 4.74 Å². The highest BCUT2D eigenvalue weighted by Crippen LogP contribution is 2.28. The van der Waals surface area contributed by atoms with E-state index in [-0.39, 0.29) is 12.0 Å². The van der Waals surface area contributed by atoms with E-state index >= 15 is 0 Å². The van der Waals surface area contributed by atoms with Crippen LogP contribution in [0.2, 0.25) is 0 Å². The van der Waals surface area contributed by atoms with E-state index in [0.29, 0.717) is 18.8 Å². The van der Waals surface area contributed by atoms with Crippen LogP contribution in [0.5, 0.6) is 5.75 Å². The maximum absolute atomic E-state index is 12.5. The quantitative estimate of drug-likeness (QED) is 0.859. The van der Waals surface area contributed by atoms with Gasteiger partial charge < -0.3 is 14.4 Å². The van der Waals surface area contributed by atoms with E-state index in [1.807, 2.05) is 29.2 Å². The first kappa shape index (κ1) is 15.1. The minimum Gasteiger partial charge on any atom is -0.497 e. The van der Waals surface area contributed by atoms with Gasteiger partial charge in [-0.2, -0.15) is 0 Å². The van der Waals surface area contributed by atoms with Crippen molar-refractivity contribution in [3.63, 3.8) is 0 Å². The standard InChI is InChI=1S/C17H20N4O3/c1-23-13-6-4-12(5-7-13)15-10-21-14(11-24-15)16(18-19-21)17(22)20-8-2-3-9-20/h4-7,15H,2-3,8-11H2,1H3. The van der Waals surface area contributed by atoms with Crippen molar-refractivity contribution >= 4 is 5.91 Å². The van der Waals surface area contributed by atoms with Crippen molar-refractivity contribution in [3.05, 3.63) is 41.2 Å². The highest BCUT2D eigenvalue weighted by Gasteiger charge is 2.30. The summed E-state index contributed by atoms with van der Waals surface area (Å²) in [6.07, 6.45) is 2.02. The number of nitrogens with zero attached hydrogens (tertiary/aromatic N) is 4. The number of hydrogen-bond acceptors (Lipinski definition) is 5. The van der Waals surface area contributed by atoms with Crippen LogP contribution in [0.3, 0.4) is 0 Å². The second-order valence-electron chi connectivity index (χ2n) is 6.14. The fourth-order valence-corrected chi connectivity index (χ4v) is 3.27. The normalized spacial score (nSPS) is 20.0. The van der Waals surface area contributed by atoms with Gasteiger partial charge in [0.05, 0.1) is 26.0 Å². The van der Waals surface area contributed by atoms with E-state index < -0.39 is 0 Å². The van der Waals surface area contributed by atoms with Crippen molar-refractivity contribution < 1.29 is 14.3 Å². The Morgan fingerprint density at radius 1 is 1.25 bits per heavy atom. The molecule has 0 spiro atoms. The monoisotopic (exact) mass is 328 g/mol. The Balaban J connectivity index is 1.52. The lowest BCUT2D eigenvalue weighted by atomic mass is 10.1. The molecule has 2 aromatic rings. The number of fused-ring (bicyclic) bond motifs is 1. The van der Waals surface area contributed by atoms with E-state index in [9.17, 15) is 4.79 Å². The van der Waals surface area contributed by atoms with Gasteiger partial charge in [-0.1, -0.05) is 17.3 Å². The molecular weight excluding hydrogens is 308 g/mol. The number of carbonyl (C=O) groups is 1. The van der Waals surface area contributed by atoms with E-state index in [4.69, 9.17) is 9.47 Å². The lowest BCUT2D eigenvalue weighted by Gasteiger charge is -2.25. The molecule has 126 valence electrons. The number of hydrogen-bond donors (Lipinski definition) is 0. The molecule has 0 aliphatic carbocycles. The SMILES string of the molecule is COc1ccc(C2Cn3nnc(C(=O)N4CCCC4)c3CO2)cc1. The Hall–Kier alpha value is -2.41. The Kier molecular flexibility index (Phi) is 3.93. The van der Waals surface area contributed by atoms with E-state index in [1.165, 1.54) is 0 Å². The second kappa shape index (κ2) is 6.24. The van der Waals surface area contributed by atoms with Crippen LogP contribution in [-0.2, 0) is 17.9 Å². The number of methoxy groups -OCH3 is 1. The molecule has 1 unspecified atom stereocenters. The molecule has 1 aromatic carbocycles. The summed E-state index contributed by atoms with van der Waals surface area (Å²) >= 11 is 0. The average molecular weight is 328 g/mol. The van der Waals surface area contributed by atoms with Gasteiger partial charge in [-0.25, -0.2) is 4.68 Å². The third-order valence-corrected chi connectivity index (χ3v) is 4.68. The molecule has 1 atom stereocenters. The van der Waals surface area contributed by atoms with Gasteiger partial charge in [0.15, 0.2) is 5.69 Å². The van der Waals surface area contributed by atoms with E-state index in [0.717, 1.165) is 42.9 Å². The van der Waals surface area contributed by atoms with Crippen molar-refractivity contribution in [3.8, 4) is 5.75 Å². The number of aromatic nitrogens is 3. The lowest BCUT2D eigenvalue weighted by molar-refractivity contribution is -0.00194. The first-order valence-electron chi connectivity index (χ1n) is 8.23. The Bertz CT molecular complexity index is 735. The molecule has 0 N–H and O–H groups in total. The zero-order chi connectivity index (χ0) is 16.5. The molecule has 3 heterocycles. The molecule has 4 rings (SSSR count). The fraction of sp³-hybridized carbons (Fsp3) is 0.471. The second-order valence-corrected chi connectivity index (χ2v) is 6.14. The number of amides is 1. The van der Waals surface area contributed by atoms with Crippen LogP contribution in [0.1, 0.15) is 40.7 Å². The molecule has 0 saturated carbocycles. The summed E-state index contributed by atoms with van der Waals surface area (Å²) in [5, 5.41) is 8.29. The van der Waals surface area contributed by atoms with Gasteiger partial charge in [0.1, 0.15) is 11.9 Å². The summed E-state index contributed by atoms with van der Waals surface area (Å²) in [4.78, 5) is 14.4. The molecule has 24 heavy (non-hydrogen) atoms. The molecule has 0 radical (unpaired) electrons. The minimum atomic E-state index is -0.0974. The Morgan fingerprint density at radius 3 is 2.71 bits per heavy atom. The Morgan fingerprint density at radius 2 is 2.00 bits per heavy atom. The van der Waals surface area contributed by atoms with Crippen molar-refractivity contribution in [1.29, 1.82) is 0 Å². The highest BCUT2D eigenvalue weighted by atomic mass is 16.5. The number of carbonyl (C=O) groups excluding carboxylic acids is 1. The highest BCUT2D eigenvalue weighted by molar-refractivity contribution is 5.93. The molecule has 2 aliphatic heterocycles. The van der Waals surface area contributed by atoms with E-state index in [1.54, 1.807) is 11.8 Å². The molecule has 1 aromatic heterocycles. The number of benzene rings is 1. The number of ether oxygens (including phenoxy) is 2. The van der Waals surface area contributed by atoms with Crippen molar-refractivity contribution in [2.75, 3.05) is 20.2 Å². The largest absolute Gasteiger partial charge is 0.497 e. The topological polar surface area (TPSA) is 69.5 Å². The van der Waals surface area contributed by atoms with Gasteiger partial charge >= 0.3 is 0 Å². The van der Waals surface area contributed by atoms with Gasteiger partial charge in [0.2, 0.25) is 0 Å². The molecule has 1 saturated heterocycles. The summed E-state index contributed by atoms with van der Waals surface area (Å²) in [7, 11) is 1.65. The summed E-state index contributed by atoms with van der Waals surface area (Å²) in [6, 6.07) is 7.80. The van der Waals surface area contributed by atoms with Crippen LogP contribution >= 0.6 is 0 Å². The minimum absolute atomic E-state index is 0.0275. The van der Waals surface area contributed by atoms with E-state index in [2.05, 4.69) is 10.3 Å². The van der Waals surface area contributed by atoms with Gasteiger partial charge in [0, 0.05) is 13.1 Å². The maximum atomic E-state index is 12.5. The van der Waals surface area contributed by atoms with Gasteiger partial charge in [-0.15, -0.1) is 5.10 Å². The van der Waals surface area contributed by atoms with Crippen LogP contribution in [0.25, 0.3) is 0 Å². The first-order chi connectivity index (χ1) is 11.8. The summed E-state index contributed by atoms with van der Waals surface area (Å²) in [6.45, 7) is 2.52. The van der Waals surface area contributed by atoms with Crippen LogP contribution in [0, 0.1) is 0 Å². The molecule has 7 heteroatoms. The maximum Gasteiger partial charge on any atom is 0.276 e. The van der Waals surface area contributed by atoms with Gasteiger partial charge in [-0.05, 0) is 30.5 Å². The molecular formula is C17H20N4O3. The molecule has 0 bridgehead atoms. The zero-order valence-corrected chi connectivity index (χ0v) is 13.6. The van der Waals surface area contributed by atoms with Crippen LogP contribution in [0.4, 0.5) is 0 Å². The molecule has 7 nitrogen and oxygen atoms in total. The van der Waals surface area contributed by atoms with Crippen molar-refractivity contribution in [2.45, 2.75) is 32.1 Å². The molecule has 2 aliphatic rings. The fourth-order valence-electron chi connectivity index (χ4n) is 3.27. The summed E-state index contributed by atoms with van der Waals surface area (Å²) < 4.78 is 12.9. The third kappa shape index (κ3) is 2.65. The van der Waals surface area contributed by atoms with Crippen molar-refractivity contribution in [2.24, 2.45) is 0 Å². The third-order valence-electron chi connectivity index (χ3n) is 4.68. The summed E-state index contributed by atoms with van der Waals surface area (Å²) in [5.74, 6) is 0.787. The lowest BCUT2D eigenvalue weighted by Crippen LogP contribution is -2.30. The smallest absolute Gasteiger partial charge is 0.276 e. The first-order valence-corrected chi connectivity index (χ1v) is 8.23. The van der Waals surface area contributed by atoms with Crippen LogP contribution in [0.15, 0.2) is 24.3 Å². The molecule has 1 fully saturated rings.